The van der Waals surface area contributed by atoms with E-state index in [1.165, 1.54) is 30.3 Å². The Morgan fingerprint density at radius 3 is 2.68 bits per heavy atom. The molecule has 1 fully saturated rings. The van der Waals surface area contributed by atoms with Crippen LogP contribution in [0.25, 0.3) is 6.08 Å². The molecule has 2 aromatic carbocycles. The number of halogens is 1. The van der Waals surface area contributed by atoms with Crippen molar-refractivity contribution in [3.63, 3.8) is 0 Å². The average Bonchev–Trinajstić information content (AvgIpc) is 2.81. The van der Waals surface area contributed by atoms with E-state index in [4.69, 9.17) is 17.3 Å². The smallest absolute Gasteiger partial charge is 0.335 e. The van der Waals surface area contributed by atoms with Crippen molar-refractivity contribution in [2.24, 2.45) is 0 Å². The van der Waals surface area contributed by atoms with Crippen LogP contribution in [0.3, 0.4) is 0 Å². The van der Waals surface area contributed by atoms with Crippen molar-refractivity contribution < 1.29 is 24.2 Å². The van der Waals surface area contributed by atoms with Crippen LogP contribution in [0.5, 0.6) is 5.75 Å². The summed E-state index contributed by atoms with van der Waals surface area (Å²) in [4.78, 5) is 24.9. The molecule has 0 atom stereocenters. The SMILES string of the molecule is O=C(O)c1ccc(N2C(=O)/C(=C/c3cccc(F)c3)SC2=S)cc1[O-]. The molecule has 1 N–H and O–H groups in total. The second kappa shape index (κ2) is 6.66. The first-order valence-corrected chi connectivity index (χ1v) is 8.17. The molecule has 1 saturated heterocycles. The molecule has 1 aliphatic rings. The Hall–Kier alpha value is -2.71. The van der Waals surface area contributed by atoms with Crippen molar-refractivity contribution >= 4 is 51.9 Å². The second-order valence-electron chi connectivity index (χ2n) is 5.06. The number of aromatic carboxylic acids is 1. The Bertz CT molecular complexity index is 942. The summed E-state index contributed by atoms with van der Waals surface area (Å²) in [6, 6.07) is 9.28. The van der Waals surface area contributed by atoms with Crippen molar-refractivity contribution in [2.75, 3.05) is 4.90 Å². The molecule has 0 radical (unpaired) electrons. The van der Waals surface area contributed by atoms with Crippen molar-refractivity contribution in [3.8, 4) is 5.75 Å². The summed E-state index contributed by atoms with van der Waals surface area (Å²) >= 11 is 6.20. The van der Waals surface area contributed by atoms with Gasteiger partial charge in [0, 0.05) is 0 Å². The Labute approximate surface area is 151 Å². The lowest BCUT2D eigenvalue weighted by Gasteiger charge is -2.18. The molecule has 0 unspecified atom stereocenters. The van der Waals surface area contributed by atoms with E-state index in [9.17, 15) is 19.1 Å². The highest BCUT2D eigenvalue weighted by atomic mass is 32.2. The van der Waals surface area contributed by atoms with E-state index in [1.54, 1.807) is 6.07 Å². The number of carboxylic acid groups (broad SMARTS) is 1. The van der Waals surface area contributed by atoms with Gasteiger partial charge in [0.15, 0.2) is 4.32 Å². The van der Waals surface area contributed by atoms with Crippen LogP contribution < -0.4 is 10.0 Å². The van der Waals surface area contributed by atoms with E-state index in [0.717, 1.165) is 28.8 Å². The number of nitrogens with zero attached hydrogens (tertiary/aromatic N) is 1. The first-order chi connectivity index (χ1) is 11.9. The Balaban J connectivity index is 1.94. The predicted octanol–water partition coefficient (Wildman–Crippen LogP) is 3.00. The largest absolute Gasteiger partial charge is 0.872 e. The molecule has 0 bridgehead atoms. The molecule has 3 rings (SSSR count). The minimum absolute atomic E-state index is 0.195. The summed E-state index contributed by atoms with van der Waals surface area (Å²) < 4.78 is 13.5. The number of carbonyl (C=O) groups excluding carboxylic acids is 1. The highest BCUT2D eigenvalue weighted by Crippen LogP contribution is 2.37. The minimum atomic E-state index is -1.34. The van der Waals surface area contributed by atoms with Gasteiger partial charge in [-0.15, -0.1) is 0 Å². The number of anilines is 1. The van der Waals surface area contributed by atoms with Gasteiger partial charge in [-0.05, 0) is 42.0 Å². The van der Waals surface area contributed by atoms with E-state index in [0.29, 0.717) is 5.56 Å². The van der Waals surface area contributed by atoms with Crippen LogP contribution in [-0.2, 0) is 4.79 Å². The van der Waals surface area contributed by atoms with Gasteiger partial charge in [-0.25, -0.2) is 9.18 Å². The first-order valence-electron chi connectivity index (χ1n) is 6.94. The van der Waals surface area contributed by atoms with Gasteiger partial charge in [0.1, 0.15) is 5.82 Å². The highest BCUT2D eigenvalue weighted by molar-refractivity contribution is 8.27. The quantitative estimate of drug-likeness (QED) is 0.657. The Morgan fingerprint density at radius 1 is 1.28 bits per heavy atom. The lowest BCUT2D eigenvalue weighted by Crippen LogP contribution is -2.27. The van der Waals surface area contributed by atoms with Crippen LogP contribution in [0.4, 0.5) is 10.1 Å². The monoisotopic (exact) mass is 374 g/mol. The average molecular weight is 374 g/mol. The molecule has 1 heterocycles. The third-order valence-corrected chi connectivity index (χ3v) is 4.70. The molecule has 0 spiro atoms. The van der Waals surface area contributed by atoms with Crippen LogP contribution >= 0.6 is 24.0 Å². The molecule has 0 aromatic heterocycles. The van der Waals surface area contributed by atoms with Gasteiger partial charge in [0.2, 0.25) is 0 Å². The highest BCUT2D eigenvalue weighted by Gasteiger charge is 2.33. The van der Waals surface area contributed by atoms with Gasteiger partial charge in [0.25, 0.3) is 5.91 Å². The molecule has 1 aliphatic heterocycles. The van der Waals surface area contributed by atoms with Crippen LogP contribution in [0.15, 0.2) is 47.4 Å². The summed E-state index contributed by atoms with van der Waals surface area (Å²) in [7, 11) is 0. The topological polar surface area (TPSA) is 80.7 Å². The van der Waals surface area contributed by atoms with E-state index in [2.05, 4.69) is 0 Å². The third kappa shape index (κ3) is 3.40. The van der Waals surface area contributed by atoms with Crippen LogP contribution in [0.1, 0.15) is 15.9 Å². The van der Waals surface area contributed by atoms with Crippen molar-refractivity contribution in [1.82, 2.24) is 0 Å². The molecule has 0 saturated carbocycles. The molecule has 5 nitrogen and oxygen atoms in total. The van der Waals surface area contributed by atoms with Gasteiger partial charge < -0.3 is 10.2 Å². The molecule has 25 heavy (non-hydrogen) atoms. The number of amides is 1. The van der Waals surface area contributed by atoms with Gasteiger partial charge in [-0.1, -0.05) is 41.9 Å². The zero-order valence-electron chi connectivity index (χ0n) is 12.4. The summed E-state index contributed by atoms with van der Waals surface area (Å²) in [5.74, 6) is -2.94. The van der Waals surface area contributed by atoms with Crippen LogP contribution in [-0.4, -0.2) is 21.3 Å². The van der Waals surface area contributed by atoms with Crippen molar-refractivity contribution in [1.29, 1.82) is 0 Å². The van der Waals surface area contributed by atoms with Crippen molar-refractivity contribution in [3.05, 3.63) is 64.3 Å². The third-order valence-electron chi connectivity index (χ3n) is 3.39. The molecule has 126 valence electrons. The van der Waals surface area contributed by atoms with E-state index in [1.807, 2.05) is 0 Å². The maximum atomic E-state index is 13.3. The molecule has 1 amide bonds. The van der Waals surface area contributed by atoms with Gasteiger partial charge in [0.05, 0.1) is 16.2 Å². The Morgan fingerprint density at radius 2 is 2.04 bits per heavy atom. The number of thioether (sulfide) groups is 1. The number of hydrogen-bond donors (Lipinski definition) is 1. The van der Waals surface area contributed by atoms with Gasteiger partial charge in [-0.3, -0.25) is 9.69 Å². The second-order valence-corrected chi connectivity index (χ2v) is 6.73. The molecular formula is C17H9FNO4S2-. The Kier molecular flexibility index (Phi) is 4.56. The standard InChI is InChI=1S/C17H10FNO4S2/c18-10-3-1-2-9(6-10)7-14-15(21)19(17(24)25-14)11-4-5-12(16(22)23)13(20)8-11/h1-8,20H,(H,22,23)/p-1/b14-7-. The maximum absolute atomic E-state index is 13.3. The summed E-state index contributed by atoms with van der Waals surface area (Å²) in [6.07, 6.45) is 1.51. The fraction of sp³-hybridized carbons (Fsp3) is 0. The zero-order valence-corrected chi connectivity index (χ0v) is 14.1. The van der Waals surface area contributed by atoms with Gasteiger partial charge in [-0.2, -0.15) is 0 Å². The number of thiocarbonyl (C=S) groups is 1. The summed E-state index contributed by atoms with van der Waals surface area (Å²) in [6.45, 7) is 0. The molecule has 8 heteroatoms. The normalized spacial score (nSPS) is 15.9. The minimum Gasteiger partial charge on any atom is -0.872 e. The number of rotatable bonds is 3. The van der Waals surface area contributed by atoms with Crippen LogP contribution in [0.2, 0.25) is 0 Å². The van der Waals surface area contributed by atoms with E-state index >= 15 is 0 Å². The number of hydrogen-bond acceptors (Lipinski definition) is 5. The van der Waals surface area contributed by atoms with E-state index in [-0.39, 0.29) is 20.5 Å². The summed E-state index contributed by atoms with van der Waals surface area (Å²) in [5, 5.41) is 20.7. The molecule has 2 aromatic rings. The number of carbonyl (C=O) groups is 2. The summed E-state index contributed by atoms with van der Waals surface area (Å²) in [5.41, 5.74) is 0.316. The first kappa shape index (κ1) is 17.1. The zero-order chi connectivity index (χ0) is 18.1. The van der Waals surface area contributed by atoms with Gasteiger partial charge >= 0.3 is 5.97 Å². The number of carboxylic acids is 1. The van der Waals surface area contributed by atoms with Crippen molar-refractivity contribution in [2.45, 2.75) is 0 Å². The fourth-order valence-corrected chi connectivity index (χ4v) is 3.56. The molecular weight excluding hydrogens is 365 g/mol. The van der Waals surface area contributed by atoms with Crippen LogP contribution in [0, 0.1) is 5.82 Å². The maximum Gasteiger partial charge on any atom is 0.335 e. The number of benzene rings is 2. The van der Waals surface area contributed by atoms with E-state index < -0.39 is 23.4 Å². The fourth-order valence-electron chi connectivity index (χ4n) is 2.26. The predicted molar refractivity (Wildman–Crippen MR) is 94.9 cm³/mol. The lowest BCUT2D eigenvalue weighted by atomic mass is 10.1. The lowest BCUT2D eigenvalue weighted by molar-refractivity contribution is -0.268. The molecule has 0 aliphatic carbocycles.